The normalized spacial score (nSPS) is 12.7. The number of nitrogens with two attached hydrogens (primary N) is 3. The van der Waals surface area contributed by atoms with Gasteiger partial charge in [0.25, 0.3) is 23.6 Å². The molecule has 0 aliphatic heterocycles. The van der Waals surface area contributed by atoms with Crippen LogP contribution < -0.4 is 32.6 Å². The van der Waals surface area contributed by atoms with Crippen molar-refractivity contribution in [2.24, 2.45) is 17.2 Å². The number of sulfonamides is 1. The summed E-state index contributed by atoms with van der Waals surface area (Å²) in [7, 11) is -4.33. The zero-order chi connectivity index (χ0) is 103. The molecule has 6 atom stereocenters. The summed E-state index contributed by atoms with van der Waals surface area (Å²) in [5.74, 6) is -7.23. The monoisotopic (exact) mass is 2010 g/mol. The van der Waals surface area contributed by atoms with Crippen LogP contribution in [0.2, 0.25) is 0 Å². The highest BCUT2D eigenvalue weighted by molar-refractivity contribution is 7.89. The quantitative estimate of drug-likeness (QED) is 0.0130. The Hall–Kier alpha value is -11.7. The lowest BCUT2D eigenvalue weighted by Gasteiger charge is -2.29. The number of aliphatic hydroxyl groups excluding tert-OH is 2. The zero-order valence-corrected chi connectivity index (χ0v) is 85.1. The fraction of sp³-hybridized carbons (Fsp3) is 0.394. The smallest absolute Gasteiger partial charge is 0.338 e. The van der Waals surface area contributed by atoms with Gasteiger partial charge in [0.05, 0.1) is 34.3 Å². The van der Waals surface area contributed by atoms with Gasteiger partial charge in [-0.3, -0.25) is 19.2 Å². The molecule has 0 unspecified atom stereocenters. The number of hydrogen-bond acceptors (Lipinski definition) is 21. The summed E-state index contributed by atoms with van der Waals surface area (Å²) in [4.78, 5) is 98.1. The van der Waals surface area contributed by atoms with E-state index >= 15 is 0 Å². The molecule has 0 bridgehead atoms. The summed E-state index contributed by atoms with van der Waals surface area (Å²) in [6.07, 6.45) is 7.38. The van der Waals surface area contributed by atoms with Gasteiger partial charge in [-0.1, -0.05) is 135 Å². The Morgan fingerprint density at radius 3 is 1.06 bits per heavy atom. The number of hydrogen-bond donors (Lipinski definition) is 8. The first-order valence-corrected chi connectivity index (χ1v) is 51.6. The van der Waals surface area contributed by atoms with Crippen molar-refractivity contribution < 1.29 is 83.2 Å². The molecule has 762 valence electrons. The second-order valence-electron chi connectivity index (χ2n) is 35.9. The van der Waals surface area contributed by atoms with E-state index in [0.717, 1.165) is 109 Å². The molecule has 142 heavy (non-hydrogen) atoms. The number of esters is 2. The Labute approximate surface area is 838 Å². The first-order valence-electron chi connectivity index (χ1n) is 48.4. The maximum atomic E-state index is 14.4. The predicted octanol–water partition coefficient (Wildman–Crippen LogP) is 18.0. The molecule has 24 nitrogen and oxygen atoms in total. The molecule has 0 aliphatic rings. The largest absolute Gasteiger partial charge is 0.456 e. The van der Waals surface area contributed by atoms with Crippen molar-refractivity contribution in [3.05, 3.63) is 323 Å². The second-order valence-corrected chi connectivity index (χ2v) is 39.4. The highest BCUT2D eigenvalue weighted by Crippen LogP contribution is 2.31. The molecular formula is C109H134F6N12O12S3. The average Bonchev–Trinajstić information content (AvgIpc) is 0.849. The van der Waals surface area contributed by atoms with Crippen molar-refractivity contribution >= 4 is 68.3 Å². The Bertz CT molecular complexity index is 6010. The number of aromatic nitrogens is 2. The standard InChI is InChI=1S/C37H50F2N4O6S.2C36H42F2N4O3S/c1-6-12-43(13-7-2)35(45)28-18-29(20-32(19-28)50(47,48)42-37(4,5)24-44)36(46)49-34(23-41-22-26-11-9-10-25(8-3)14-26)33(40)17-27-15-30(38)21-31(39)16-27;1-4-11-42(12-5-2)35(43)28-18-27(34-41-10-13-46-34)19-29(20-28)36(44)45-33(23-40-22-25-9-7-8-24(6-3)14-25)32(39)17-26-15-30(37)21-31(38)16-26;1-4-11-41(12-5-2)35(44)28-18-27(34-40-10-13-46-34)19-29(20-28)36(45)42(22-25-9-7-8-24(6-3)14-25)23-33(43)32(39)17-26-15-30(37)21-31(38)16-26/h9-11,14-16,18-21,33-34,41-42,44H,6-8,12-13,17,22-24,40H2,1-5H3;7-10,13-16,18-21,32-33,40H,4-6,11-12,17,22-23,39H2,1-3H3;7-10,13-16,18-21,32-33,43H,4-6,11-12,17,22-23,39H2,1-3H3/t33-,34+;2*32-,33+/m000/s1. The highest BCUT2D eigenvalue weighted by Gasteiger charge is 2.34. The van der Waals surface area contributed by atoms with E-state index in [1.54, 1.807) is 63.5 Å². The van der Waals surface area contributed by atoms with E-state index in [1.807, 2.05) is 127 Å². The number of carbonyl (C=O) groups is 6. The van der Waals surface area contributed by atoms with Crippen LogP contribution in [-0.2, 0) is 77.7 Å². The van der Waals surface area contributed by atoms with Crippen LogP contribution in [0.15, 0.2) is 210 Å². The molecule has 33 heteroatoms. The molecule has 2 aromatic heterocycles. The molecule has 11 aromatic rings. The van der Waals surface area contributed by atoms with Crippen LogP contribution in [0.4, 0.5) is 26.3 Å². The zero-order valence-electron chi connectivity index (χ0n) is 82.7. The van der Waals surface area contributed by atoms with Crippen molar-refractivity contribution in [3.8, 4) is 21.1 Å². The number of carbonyl (C=O) groups excluding carboxylic acids is 6. The lowest BCUT2D eigenvalue weighted by atomic mass is 10.00. The van der Waals surface area contributed by atoms with E-state index in [0.29, 0.717) is 109 Å². The van der Waals surface area contributed by atoms with Gasteiger partial charge in [-0.2, -0.15) is 0 Å². The Morgan fingerprint density at radius 2 is 0.718 bits per heavy atom. The number of aliphatic hydroxyl groups is 2. The van der Waals surface area contributed by atoms with Crippen molar-refractivity contribution in [2.45, 2.75) is 220 Å². The molecule has 0 spiro atoms. The maximum Gasteiger partial charge on any atom is 0.338 e. The summed E-state index contributed by atoms with van der Waals surface area (Å²) >= 11 is 2.81. The van der Waals surface area contributed by atoms with Gasteiger partial charge in [0.15, 0.2) is 0 Å². The molecule has 0 radical (unpaired) electrons. The molecule has 4 amide bonds. The van der Waals surface area contributed by atoms with Crippen LogP contribution in [0.1, 0.15) is 227 Å². The lowest BCUT2D eigenvalue weighted by molar-refractivity contribution is 0.0230. The molecule has 0 fully saturated rings. The van der Waals surface area contributed by atoms with Crippen LogP contribution in [0.25, 0.3) is 21.1 Å². The van der Waals surface area contributed by atoms with Crippen LogP contribution in [0.5, 0.6) is 0 Å². The topological polar surface area (TPSA) is 348 Å². The second kappa shape index (κ2) is 56.4. The molecular weight excluding hydrogens is 1880 g/mol. The Morgan fingerprint density at radius 1 is 0.408 bits per heavy atom. The summed E-state index contributed by atoms with van der Waals surface area (Å²) in [6.45, 7) is 24.9. The minimum atomic E-state index is -4.33. The third-order valence-electron chi connectivity index (χ3n) is 23.3. The van der Waals surface area contributed by atoms with Crippen molar-refractivity contribution in [1.82, 2.24) is 44.9 Å². The van der Waals surface area contributed by atoms with Gasteiger partial charge in [-0.25, -0.2) is 59.0 Å². The molecule has 0 aliphatic carbocycles. The van der Waals surface area contributed by atoms with E-state index in [4.69, 9.17) is 26.7 Å². The van der Waals surface area contributed by atoms with Crippen LogP contribution in [0.3, 0.4) is 0 Å². The van der Waals surface area contributed by atoms with Gasteiger partial charge in [0.1, 0.15) is 57.1 Å². The number of ether oxygens (including phenoxy) is 2. The number of thiazole rings is 2. The van der Waals surface area contributed by atoms with E-state index in [2.05, 4.69) is 44.4 Å². The predicted molar refractivity (Wildman–Crippen MR) is 547 cm³/mol. The van der Waals surface area contributed by atoms with E-state index in [1.165, 1.54) is 83.4 Å². The molecule has 0 saturated heterocycles. The first kappa shape index (κ1) is 114. The summed E-state index contributed by atoms with van der Waals surface area (Å²) in [6, 6.07) is 44.4. The van der Waals surface area contributed by atoms with Gasteiger partial charge in [0.2, 0.25) is 10.0 Å². The van der Waals surface area contributed by atoms with Crippen molar-refractivity contribution in [2.75, 3.05) is 65.5 Å². The van der Waals surface area contributed by atoms with Crippen molar-refractivity contribution in [1.29, 1.82) is 0 Å². The van der Waals surface area contributed by atoms with Crippen molar-refractivity contribution in [3.63, 3.8) is 0 Å². The Kier molecular flexibility index (Phi) is 45.2. The number of amides is 4. The number of benzene rings is 9. The highest BCUT2D eigenvalue weighted by atomic mass is 32.2. The third kappa shape index (κ3) is 35.1. The fourth-order valence-corrected chi connectivity index (χ4v) is 19.0. The van der Waals surface area contributed by atoms with Gasteiger partial charge in [-0.05, 0) is 232 Å². The number of aryl methyl sites for hydroxylation is 3. The molecule has 11 N–H and O–H groups in total. The number of halogens is 6. The molecule has 9 aromatic carbocycles. The SMILES string of the molecule is CCCN(CCC)C(=O)c1cc(C(=O)N(Cc2cccc(CC)c2)C[C@@H](O)[C@@H](N)Cc2cc(F)cc(F)c2)cc(-c2nccs2)c1.CCCN(CCC)C(=O)c1cc(C(=O)O[C@H](CNCc2cccc(CC)c2)[C@@H](N)Cc2cc(F)cc(F)c2)cc(-c2nccs2)c1.CCCN(CCC)C(=O)c1cc(C(=O)O[C@H](CNCc2cccc(CC)c2)[C@@H](N)Cc2cc(F)cc(F)c2)cc(S(=O)(=O)NC(C)(C)CO)c1. The first-order chi connectivity index (χ1) is 67.9. The summed E-state index contributed by atoms with van der Waals surface area (Å²) < 4.78 is 125. The van der Waals surface area contributed by atoms with Gasteiger partial charge < -0.3 is 67.1 Å². The average molecular weight is 2010 g/mol. The minimum Gasteiger partial charge on any atom is -0.456 e. The third-order valence-corrected chi connectivity index (χ3v) is 26.6. The minimum absolute atomic E-state index is 0.00602. The fourth-order valence-electron chi connectivity index (χ4n) is 16.2. The summed E-state index contributed by atoms with van der Waals surface area (Å²) in [5.41, 5.74) is 27.7. The summed E-state index contributed by atoms with van der Waals surface area (Å²) in [5, 5.41) is 32.5. The van der Waals surface area contributed by atoms with E-state index in [9.17, 15) is 73.7 Å². The van der Waals surface area contributed by atoms with Crippen LogP contribution >= 0.6 is 22.7 Å². The molecule has 0 saturated carbocycles. The molecule has 11 rings (SSSR count). The number of rotatable bonds is 50. The lowest BCUT2D eigenvalue weighted by Crippen LogP contribution is -2.46. The van der Waals surface area contributed by atoms with E-state index < -0.39 is 117 Å². The molecule has 2 heterocycles. The van der Waals surface area contributed by atoms with Gasteiger partial charge in [0, 0.05) is 171 Å². The van der Waals surface area contributed by atoms with E-state index in [-0.39, 0.29) is 90.0 Å². The van der Waals surface area contributed by atoms with Gasteiger partial charge in [-0.15, -0.1) is 22.7 Å². The van der Waals surface area contributed by atoms with Crippen LogP contribution in [-0.4, -0.2) is 191 Å². The maximum absolute atomic E-state index is 14.4. The number of nitrogens with zero attached hydrogens (tertiary/aromatic N) is 6. The van der Waals surface area contributed by atoms with Crippen LogP contribution in [0, 0.1) is 34.9 Å². The number of nitrogens with one attached hydrogen (secondary N) is 3. The van der Waals surface area contributed by atoms with Gasteiger partial charge >= 0.3 is 11.9 Å². The Balaban J connectivity index is 0.000000238.